The van der Waals surface area contributed by atoms with E-state index in [1.54, 1.807) is 6.20 Å². The van der Waals surface area contributed by atoms with Gasteiger partial charge in [-0.25, -0.2) is 9.78 Å². The highest BCUT2D eigenvalue weighted by Gasteiger charge is 1.99. The largest absolute Gasteiger partial charge is 0.478 e. The minimum atomic E-state index is -0.961. The summed E-state index contributed by atoms with van der Waals surface area (Å²) in [5.74, 6) is -0.961. The van der Waals surface area contributed by atoms with Crippen LogP contribution in [-0.4, -0.2) is 20.5 Å². The molecule has 0 aliphatic rings. The van der Waals surface area contributed by atoms with E-state index >= 15 is 0 Å². The van der Waals surface area contributed by atoms with Crippen molar-refractivity contribution in [3.8, 4) is 0 Å². The van der Waals surface area contributed by atoms with Crippen molar-refractivity contribution >= 4 is 17.7 Å². The zero-order chi connectivity index (χ0) is 10.8. The number of hydrogen-bond acceptors (Lipinski definition) is 2. The Morgan fingerprint density at radius 2 is 2.40 bits per heavy atom. The van der Waals surface area contributed by atoms with E-state index in [1.165, 1.54) is 6.08 Å². The Morgan fingerprint density at radius 1 is 1.60 bits per heavy atom. The number of nitrogens with zero attached hydrogens (tertiary/aromatic N) is 2. The molecule has 1 N–H and O–H groups in total. The second-order valence-corrected chi connectivity index (χ2v) is 3.29. The summed E-state index contributed by atoms with van der Waals surface area (Å²) in [6.45, 7) is 1.99. The molecule has 2 aromatic heterocycles. The molecule has 0 unspecified atom stereocenters. The van der Waals surface area contributed by atoms with Crippen LogP contribution in [0.15, 0.2) is 30.6 Å². The van der Waals surface area contributed by atoms with Gasteiger partial charge in [-0.05, 0) is 30.7 Å². The SMILES string of the molecule is Cc1ccn2c(/C=C/C(=O)O)cnc2c1. The van der Waals surface area contributed by atoms with E-state index < -0.39 is 5.97 Å². The molecule has 15 heavy (non-hydrogen) atoms. The fourth-order valence-electron chi connectivity index (χ4n) is 1.38. The smallest absolute Gasteiger partial charge is 0.328 e. The van der Waals surface area contributed by atoms with Gasteiger partial charge in [0, 0.05) is 12.3 Å². The second kappa shape index (κ2) is 3.57. The molecule has 4 heteroatoms. The molecular formula is C11H10N2O2. The highest BCUT2D eigenvalue weighted by atomic mass is 16.4. The summed E-state index contributed by atoms with van der Waals surface area (Å²) in [6.07, 6.45) is 6.15. The maximum atomic E-state index is 10.4. The highest BCUT2D eigenvalue weighted by molar-refractivity contribution is 5.85. The molecule has 0 amide bonds. The molecule has 0 spiro atoms. The number of carbonyl (C=O) groups is 1. The number of aryl methyl sites for hydroxylation is 1. The molecule has 0 atom stereocenters. The maximum Gasteiger partial charge on any atom is 0.328 e. The molecule has 0 fully saturated rings. The van der Waals surface area contributed by atoms with Gasteiger partial charge in [0.25, 0.3) is 0 Å². The monoisotopic (exact) mass is 202 g/mol. The summed E-state index contributed by atoms with van der Waals surface area (Å²) in [7, 11) is 0. The number of hydrogen-bond donors (Lipinski definition) is 1. The van der Waals surface area contributed by atoms with Gasteiger partial charge in [0.1, 0.15) is 5.65 Å². The standard InChI is InChI=1S/C11H10N2O2/c1-8-4-5-13-9(2-3-11(14)15)7-12-10(13)6-8/h2-7H,1H3,(H,14,15)/b3-2+. The predicted octanol–water partition coefficient (Wildman–Crippen LogP) is 1.74. The average molecular weight is 202 g/mol. The number of pyridine rings is 1. The quantitative estimate of drug-likeness (QED) is 0.754. The number of aliphatic carboxylic acids is 1. The third-order valence-corrected chi connectivity index (χ3v) is 2.09. The number of carboxylic acid groups (broad SMARTS) is 1. The summed E-state index contributed by atoms with van der Waals surface area (Å²) in [4.78, 5) is 14.5. The van der Waals surface area contributed by atoms with Crippen molar-refractivity contribution in [1.29, 1.82) is 0 Å². The van der Waals surface area contributed by atoms with Gasteiger partial charge in [-0.15, -0.1) is 0 Å². The molecule has 0 bridgehead atoms. The lowest BCUT2D eigenvalue weighted by Crippen LogP contribution is -1.89. The van der Waals surface area contributed by atoms with Crippen LogP contribution in [0.5, 0.6) is 0 Å². The molecule has 4 nitrogen and oxygen atoms in total. The second-order valence-electron chi connectivity index (χ2n) is 3.29. The van der Waals surface area contributed by atoms with Crippen molar-refractivity contribution in [2.45, 2.75) is 6.92 Å². The Morgan fingerprint density at radius 3 is 3.13 bits per heavy atom. The first-order chi connectivity index (χ1) is 7.16. The van der Waals surface area contributed by atoms with E-state index in [0.29, 0.717) is 0 Å². The lowest BCUT2D eigenvalue weighted by atomic mass is 10.3. The van der Waals surface area contributed by atoms with Crippen LogP contribution in [0.2, 0.25) is 0 Å². The van der Waals surface area contributed by atoms with Gasteiger partial charge < -0.3 is 9.51 Å². The molecule has 0 aromatic carbocycles. The van der Waals surface area contributed by atoms with Crippen LogP contribution >= 0.6 is 0 Å². The van der Waals surface area contributed by atoms with Gasteiger partial charge >= 0.3 is 5.97 Å². The van der Waals surface area contributed by atoms with Crippen LogP contribution in [0.25, 0.3) is 11.7 Å². The summed E-state index contributed by atoms with van der Waals surface area (Å²) < 4.78 is 1.84. The van der Waals surface area contributed by atoms with Crippen LogP contribution in [0.3, 0.4) is 0 Å². The van der Waals surface area contributed by atoms with Crippen LogP contribution in [-0.2, 0) is 4.79 Å². The van der Waals surface area contributed by atoms with Gasteiger partial charge in [-0.2, -0.15) is 0 Å². The Kier molecular flexibility index (Phi) is 2.25. The van der Waals surface area contributed by atoms with E-state index in [0.717, 1.165) is 23.0 Å². The molecule has 0 radical (unpaired) electrons. The van der Waals surface area contributed by atoms with Gasteiger partial charge in [-0.3, -0.25) is 0 Å². The van der Waals surface area contributed by atoms with E-state index in [4.69, 9.17) is 5.11 Å². The fraction of sp³-hybridized carbons (Fsp3) is 0.0909. The summed E-state index contributed by atoms with van der Waals surface area (Å²) >= 11 is 0. The molecule has 0 saturated heterocycles. The van der Waals surface area contributed by atoms with Crippen LogP contribution in [0.4, 0.5) is 0 Å². The fourth-order valence-corrected chi connectivity index (χ4v) is 1.38. The minimum Gasteiger partial charge on any atom is -0.478 e. The van der Waals surface area contributed by atoms with Gasteiger partial charge in [0.15, 0.2) is 0 Å². The lowest BCUT2D eigenvalue weighted by molar-refractivity contribution is -0.131. The van der Waals surface area contributed by atoms with Gasteiger partial charge in [0.2, 0.25) is 0 Å². The van der Waals surface area contributed by atoms with Crippen molar-refractivity contribution in [3.63, 3.8) is 0 Å². The Bertz CT molecular complexity index is 541. The van der Waals surface area contributed by atoms with Crippen LogP contribution in [0.1, 0.15) is 11.3 Å². The number of rotatable bonds is 2. The number of carboxylic acids is 1. The van der Waals surface area contributed by atoms with Crippen LogP contribution in [0, 0.1) is 6.92 Å². The average Bonchev–Trinajstić information content (AvgIpc) is 2.57. The zero-order valence-electron chi connectivity index (χ0n) is 8.21. The van der Waals surface area contributed by atoms with Crippen molar-refractivity contribution in [2.24, 2.45) is 0 Å². The first kappa shape index (κ1) is 9.45. The van der Waals surface area contributed by atoms with Crippen molar-refractivity contribution in [2.75, 3.05) is 0 Å². The first-order valence-corrected chi connectivity index (χ1v) is 4.51. The minimum absolute atomic E-state index is 0.757. The normalized spacial score (nSPS) is 11.3. The number of fused-ring (bicyclic) bond motifs is 1. The molecule has 0 aliphatic carbocycles. The van der Waals surface area contributed by atoms with E-state index in [9.17, 15) is 4.79 Å². The van der Waals surface area contributed by atoms with E-state index in [1.807, 2.05) is 29.7 Å². The maximum absolute atomic E-state index is 10.4. The third kappa shape index (κ3) is 1.88. The van der Waals surface area contributed by atoms with Gasteiger partial charge in [-0.1, -0.05) is 0 Å². The highest BCUT2D eigenvalue weighted by Crippen LogP contribution is 2.09. The summed E-state index contributed by atoms with van der Waals surface area (Å²) in [6, 6.07) is 3.89. The topological polar surface area (TPSA) is 54.6 Å². The van der Waals surface area contributed by atoms with Crippen molar-refractivity contribution in [3.05, 3.63) is 41.9 Å². The van der Waals surface area contributed by atoms with E-state index in [2.05, 4.69) is 4.98 Å². The molecule has 2 heterocycles. The van der Waals surface area contributed by atoms with Crippen LogP contribution < -0.4 is 0 Å². The summed E-state index contributed by atoms with van der Waals surface area (Å²) in [5.41, 5.74) is 2.70. The molecule has 0 aliphatic heterocycles. The molecular weight excluding hydrogens is 192 g/mol. The Hall–Kier alpha value is -2.10. The summed E-state index contributed by atoms with van der Waals surface area (Å²) in [5, 5.41) is 8.51. The van der Waals surface area contributed by atoms with Gasteiger partial charge in [0.05, 0.1) is 11.9 Å². The predicted molar refractivity (Wildman–Crippen MR) is 56.6 cm³/mol. The molecule has 0 saturated carbocycles. The lowest BCUT2D eigenvalue weighted by Gasteiger charge is -1.97. The Labute approximate surface area is 86.5 Å². The van der Waals surface area contributed by atoms with E-state index in [-0.39, 0.29) is 0 Å². The Balaban J connectivity index is 2.50. The number of aromatic nitrogens is 2. The molecule has 2 aromatic rings. The third-order valence-electron chi connectivity index (χ3n) is 2.09. The molecule has 76 valence electrons. The first-order valence-electron chi connectivity index (χ1n) is 4.51. The van der Waals surface area contributed by atoms with Crippen molar-refractivity contribution in [1.82, 2.24) is 9.38 Å². The van der Waals surface area contributed by atoms with Crippen molar-refractivity contribution < 1.29 is 9.90 Å². The zero-order valence-corrected chi connectivity index (χ0v) is 8.21. The molecule has 2 rings (SSSR count). The number of imidazole rings is 1.